The average Bonchev–Trinajstić information content (AvgIpc) is 2.64. The molecule has 90 valence electrons. The number of amides is 1. The Morgan fingerprint density at radius 1 is 1.47 bits per heavy atom. The Balaban J connectivity index is 1.95. The molecule has 1 aromatic rings. The van der Waals surface area contributed by atoms with Gasteiger partial charge in [-0.25, -0.2) is 4.98 Å². The Kier molecular flexibility index (Phi) is 2.40. The summed E-state index contributed by atoms with van der Waals surface area (Å²) in [4.78, 5) is 18.9. The molecule has 1 spiro atoms. The first-order valence-corrected chi connectivity index (χ1v) is 6.25. The molecule has 1 fully saturated rings. The molecule has 0 bridgehead atoms. The highest BCUT2D eigenvalue weighted by molar-refractivity contribution is 6.05. The SMILES string of the molecule is CCN1CCC2(CC1)C(=O)Nc1ncccc12. The summed E-state index contributed by atoms with van der Waals surface area (Å²) in [5, 5.41) is 2.92. The van der Waals surface area contributed by atoms with E-state index in [-0.39, 0.29) is 11.3 Å². The first kappa shape index (κ1) is 10.7. The highest BCUT2D eigenvalue weighted by Crippen LogP contribution is 2.43. The number of hydrogen-bond donors (Lipinski definition) is 1. The summed E-state index contributed by atoms with van der Waals surface area (Å²) in [5.74, 6) is 0.907. The van der Waals surface area contributed by atoms with E-state index in [2.05, 4.69) is 22.1 Å². The molecular weight excluding hydrogens is 214 g/mol. The minimum atomic E-state index is -0.310. The summed E-state index contributed by atoms with van der Waals surface area (Å²) in [7, 11) is 0. The van der Waals surface area contributed by atoms with E-state index in [1.807, 2.05) is 12.1 Å². The van der Waals surface area contributed by atoms with E-state index in [0.29, 0.717) is 0 Å². The zero-order valence-electron chi connectivity index (χ0n) is 10.1. The van der Waals surface area contributed by atoms with Crippen molar-refractivity contribution in [3.8, 4) is 0 Å². The number of nitrogens with zero attached hydrogens (tertiary/aromatic N) is 2. The van der Waals surface area contributed by atoms with Gasteiger partial charge >= 0.3 is 0 Å². The molecule has 0 unspecified atom stereocenters. The van der Waals surface area contributed by atoms with Gasteiger partial charge in [0.05, 0.1) is 5.41 Å². The van der Waals surface area contributed by atoms with Crippen LogP contribution in [0, 0.1) is 0 Å². The second kappa shape index (κ2) is 3.81. The van der Waals surface area contributed by atoms with Crippen molar-refractivity contribution in [3.05, 3.63) is 23.9 Å². The summed E-state index contributed by atoms with van der Waals surface area (Å²) in [6, 6.07) is 3.97. The molecule has 0 atom stereocenters. The maximum absolute atomic E-state index is 12.2. The van der Waals surface area contributed by atoms with Crippen LogP contribution in [-0.2, 0) is 10.2 Å². The summed E-state index contributed by atoms with van der Waals surface area (Å²) in [6.45, 7) is 5.23. The minimum Gasteiger partial charge on any atom is -0.310 e. The molecule has 4 nitrogen and oxygen atoms in total. The fraction of sp³-hybridized carbons (Fsp3) is 0.538. The lowest BCUT2D eigenvalue weighted by Crippen LogP contribution is -2.46. The molecule has 3 rings (SSSR count). The van der Waals surface area contributed by atoms with Gasteiger partial charge in [-0.3, -0.25) is 4.79 Å². The molecule has 0 saturated carbocycles. The van der Waals surface area contributed by atoms with Gasteiger partial charge in [0.25, 0.3) is 0 Å². The van der Waals surface area contributed by atoms with Gasteiger partial charge in [0, 0.05) is 11.8 Å². The van der Waals surface area contributed by atoms with Crippen LogP contribution < -0.4 is 5.32 Å². The molecule has 1 amide bonds. The van der Waals surface area contributed by atoms with Crippen molar-refractivity contribution in [2.45, 2.75) is 25.2 Å². The predicted octanol–water partition coefficient (Wildman–Crippen LogP) is 1.39. The summed E-state index contributed by atoms with van der Waals surface area (Å²) in [5.41, 5.74) is 0.788. The number of aromatic nitrogens is 1. The summed E-state index contributed by atoms with van der Waals surface area (Å²) < 4.78 is 0. The van der Waals surface area contributed by atoms with Crippen molar-refractivity contribution >= 4 is 11.7 Å². The monoisotopic (exact) mass is 231 g/mol. The number of hydrogen-bond acceptors (Lipinski definition) is 3. The molecule has 2 aliphatic heterocycles. The van der Waals surface area contributed by atoms with Crippen molar-refractivity contribution < 1.29 is 4.79 Å². The van der Waals surface area contributed by atoms with Crippen LogP contribution in [-0.4, -0.2) is 35.4 Å². The van der Waals surface area contributed by atoms with Crippen molar-refractivity contribution in [3.63, 3.8) is 0 Å². The van der Waals surface area contributed by atoms with Crippen LogP contribution in [0.15, 0.2) is 18.3 Å². The third-order valence-electron chi connectivity index (χ3n) is 4.15. The van der Waals surface area contributed by atoms with Crippen LogP contribution >= 0.6 is 0 Å². The van der Waals surface area contributed by atoms with Gasteiger partial charge in [-0.1, -0.05) is 13.0 Å². The van der Waals surface area contributed by atoms with Gasteiger partial charge in [-0.15, -0.1) is 0 Å². The molecule has 0 radical (unpaired) electrons. The zero-order chi connectivity index (χ0) is 11.9. The number of carbonyl (C=O) groups excluding carboxylic acids is 1. The van der Waals surface area contributed by atoms with Crippen LogP contribution in [0.5, 0.6) is 0 Å². The standard InChI is InChI=1S/C13H17N3O/c1-2-16-8-5-13(6-9-16)10-4-3-7-14-11(10)15-12(13)17/h3-4,7H,2,5-6,8-9H2,1H3,(H,14,15,17). The van der Waals surface area contributed by atoms with Crippen LogP contribution in [0.4, 0.5) is 5.82 Å². The molecular formula is C13H17N3O. The van der Waals surface area contributed by atoms with Crippen LogP contribution in [0.1, 0.15) is 25.3 Å². The maximum Gasteiger partial charge on any atom is 0.236 e. The molecule has 17 heavy (non-hydrogen) atoms. The number of nitrogens with one attached hydrogen (secondary N) is 1. The van der Waals surface area contributed by atoms with Crippen molar-refractivity contribution in [1.29, 1.82) is 0 Å². The summed E-state index contributed by atoms with van der Waals surface area (Å²) in [6.07, 6.45) is 3.55. The van der Waals surface area contributed by atoms with E-state index in [1.165, 1.54) is 0 Å². The van der Waals surface area contributed by atoms with Gasteiger partial charge in [-0.05, 0) is 38.5 Å². The molecule has 4 heteroatoms. The van der Waals surface area contributed by atoms with Crippen LogP contribution in [0.2, 0.25) is 0 Å². The minimum absolute atomic E-state index is 0.141. The smallest absolute Gasteiger partial charge is 0.236 e. The Bertz CT molecular complexity index is 450. The molecule has 1 N–H and O–H groups in total. The van der Waals surface area contributed by atoms with E-state index in [4.69, 9.17) is 0 Å². The number of rotatable bonds is 1. The third-order valence-corrected chi connectivity index (χ3v) is 4.15. The van der Waals surface area contributed by atoms with Gasteiger partial charge in [0.2, 0.25) is 5.91 Å². The van der Waals surface area contributed by atoms with E-state index < -0.39 is 0 Å². The second-order valence-corrected chi connectivity index (χ2v) is 4.87. The first-order valence-electron chi connectivity index (χ1n) is 6.25. The third kappa shape index (κ3) is 1.47. The summed E-state index contributed by atoms with van der Waals surface area (Å²) >= 11 is 0. The number of likely N-dealkylation sites (tertiary alicyclic amines) is 1. The fourth-order valence-electron chi connectivity index (χ4n) is 2.99. The largest absolute Gasteiger partial charge is 0.310 e. The van der Waals surface area contributed by atoms with Gasteiger partial charge in [0.15, 0.2) is 0 Å². The molecule has 0 aromatic carbocycles. The van der Waals surface area contributed by atoms with Crippen molar-refractivity contribution in [2.24, 2.45) is 0 Å². The first-order chi connectivity index (χ1) is 8.26. The van der Waals surface area contributed by atoms with E-state index in [0.717, 1.165) is 43.9 Å². The lowest BCUT2D eigenvalue weighted by Gasteiger charge is -2.37. The number of carbonyl (C=O) groups is 1. The number of pyridine rings is 1. The van der Waals surface area contributed by atoms with Crippen LogP contribution in [0.25, 0.3) is 0 Å². The van der Waals surface area contributed by atoms with Crippen molar-refractivity contribution in [1.82, 2.24) is 9.88 Å². The zero-order valence-corrected chi connectivity index (χ0v) is 10.1. The maximum atomic E-state index is 12.2. The molecule has 1 saturated heterocycles. The Morgan fingerprint density at radius 3 is 2.94 bits per heavy atom. The van der Waals surface area contributed by atoms with Crippen molar-refractivity contribution in [2.75, 3.05) is 25.0 Å². The number of anilines is 1. The highest BCUT2D eigenvalue weighted by Gasteiger charge is 2.48. The Morgan fingerprint density at radius 2 is 2.24 bits per heavy atom. The average molecular weight is 231 g/mol. The second-order valence-electron chi connectivity index (χ2n) is 4.87. The molecule has 2 aliphatic rings. The topological polar surface area (TPSA) is 45.2 Å². The normalized spacial score (nSPS) is 22.5. The predicted molar refractivity (Wildman–Crippen MR) is 65.9 cm³/mol. The Labute approximate surface area is 101 Å². The van der Waals surface area contributed by atoms with Gasteiger partial charge < -0.3 is 10.2 Å². The lowest BCUT2D eigenvalue weighted by molar-refractivity contribution is -0.122. The molecule has 3 heterocycles. The quantitative estimate of drug-likeness (QED) is 0.794. The van der Waals surface area contributed by atoms with Gasteiger partial charge in [0.1, 0.15) is 5.82 Å². The lowest BCUT2D eigenvalue weighted by atomic mass is 9.74. The van der Waals surface area contributed by atoms with E-state index in [9.17, 15) is 4.79 Å². The van der Waals surface area contributed by atoms with Gasteiger partial charge in [-0.2, -0.15) is 0 Å². The Hall–Kier alpha value is -1.42. The number of piperidine rings is 1. The molecule has 1 aromatic heterocycles. The number of fused-ring (bicyclic) bond motifs is 2. The van der Waals surface area contributed by atoms with Crippen LogP contribution in [0.3, 0.4) is 0 Å². The van der Waals surface area contributed by atoms with E-state index in [1.54, 1.807) is 6.20 Å². The molecule has 0 aliphatic carbocycles. The van der Waals surface area contributed by atoms with E-state index >= 15 is 0 Å². The fourth-order valence-corrected chi connectivity index (χ4v) is 2.99. The highest BCUT2D eigenvalue weighted by atomic mass is 16.2.